The lowest BCUT2D eigenvalue weighted by Gasteiger charge is -2.26. The van der Waals surface area contributed by atoms with Crippen LogP contribution >= 0.6 is 11.3 Å². The number of fused-ring (bicyclic) bond motifs is 1. The van der Waals surface area contributed by atoms with Crippen molar-refractivity contribution >= 4 is 42.7 Å². The van der Waals surface area contributed by atoms with Crippen molar-refractivity contribution in [2.75, 3.05) is 40.4 Å². The highest BCUT2D eigenvalue weighted by molar-refractivity contribution is 7.89. The molecule has 9 rings (SSSR count). The van der Waals surface area contributed by atoms with Gasteiger partial charge in [0.1, 0.15) is 28.7 Å². The van der Waals surface area contributed by atoms with Gasteiger partial charge in [-0.25, -0.2) is 18.1 Å². The van der Waals surface area contributed by atoms with Crippen LogP contribution in [0.15, 0.2) is 157 Å². The second-order valence-electron chi connectivity index (χ2n) is 17.2. The maximum atomic E-state index is 16.2. The zero-order valence-corrected chi connectivity index (χ0v) is 43.0. The van der Waals surface area contributed by atoms with Crippen molar-refractivity contribution in [1.29, 1.82) is 0 Å². The normalized spacial score (nSPS) is 11.4. The van der Waals surface area contributed by atoms with Crippen LogP contribution in [0.4, 0.5) is 5.13 Å². The Labute approximate surface area is 433 Å². The van der Waals surface area contributed by atoms with Crippen LogP contribution in [0.3, 0.4) is 0 Å². The number of para-hydroxylation sites is 1. The van der Waals surface area contributed by atoms with E-state index in [1.165, 1.54) is 20.3 Å². The first-order chi connectivity index (χ1) is 36.0. The van der Waals surface area contributed by atoms with Crippen LogP contribution in [0.1, 0.15) is 33.4 Å². The summed E-state index contributed by atoms with van der Waals surface area (Å²) in [7, 11) is 3.28. The summed E-state index contributed by atoms with van der Waals surface area (Å²) in [6.45, 7) is 0.956. The molecule has 0 bridgehead atoms. The Morgan fingerprint density at radius 2 is 1.04 bits per heavy atom. The Morgan fingerprint density at radius 1 is 0.581 bits per heavy atom. The summed E-state index contributed by atoms with van der Waals surface area (Å²) in [5.74, 6) is 2.21. The van der Waals surface area contributed by atoms with Gasteiger partial charge in [0.25, 0.3) is 0 Å². The van der Waals surface area contributed by atoms with E-state index in [1.54, 1.807) is 96.2 Å². The molecule has 18 heteroatoms. The molecule has 0 aliphatic carbocycles. The molecule has 0 amide bonds. The minimum atomic E-state index is -4.69. The topological polar surface area (TPSA) is 181 Å². The summed E-state index contributed by atoms with van der Waals surface area (Å²) >= 11 is 1.50. The van der Waals surface area contributed by atoms with E-state index in [9.17, 15) is 9.90 Å². The number of thiazole rings is 1. The zero-order chi connectivity index (χ0) is 51.8. The number of methoxy groups -OCH3 is 5. The van der Waals surface area contributed by atoms with Gasteiger partial charge in [-0.15, -0.1) is 5.10 Å². The van der Waals surface area contributed by atoms with Gasteiger partial charge < -0.3 is 33.7 Å². The second kappa shape index (κ2) is 22.6. The number of tetrazole rings is 1. The highest BCUT2D eigenvalue weighted by Crippen LogP contribution is 2.44. The molecule has 1 N–H and O–H groups in total. The van der Waals surface area contributed by atoms with Gasteiger partial charge in [0, 0.05) is 37.3 Å². The maximum Gasteiger partial charge on any atom is 0.307 e. The number of hydrogen-bond acceptors (Lipinski definition) is 14. The van der Waals surface area contributed by atoms with Crippen molar-refractivity contribution in [2.24, 2.45) is 0 Å². The van der Waals surface area contributed by atoms with Crippen molar-refractivity contribution in [2.45, 2.75) is 44.0 Å². The lowest BCUT2D eigenvalue weighted by molar-refractivity contribution is -0.136. The molecule has 16 nitrogen and oxygen atoms in total. The van der Waals surface area contributed by atoms with Gasteiger partial charge in [0.2, 0.25) is 10.0 Å². The number of aliphatic carboxylic acids is 1. The third-order valence-electron chi connectivity index (χ3n) is 12.5. The lowest BCUT2D eigenvalue weighted by Crippen LogP contribution is -2.32. The molecule has 74 heavy (non-hydrogen) atoms. The van der Waals surface area contributed by atoms with Crippen LogP contribution in [0, 0.1) is 0 Å². The van der Waals surface area contributed by atoms with Gasteiger partial charge in [-0.2, -0.15) is 4.31 Å². The van der Waals surface area contributed by atoms with Crippen molar-refractivity contribution in [1.82, 2.24) is 29.5 Å². The minimum Gasteiger partial charge on any atom is -0.497 e. The number of carbonyl (C=O) groups is 1. The van der Waals surface area contributed by atoms with Gasteiger partial charge in [0.15, 0.2) is 11.0 Å². The summed E-state index contributed by atoms with van der Waals surface area (Å²) in [6, 6.07) is 46.5. The van der Waals surface area contributed by atoms with Crippen molar-refractivity contribution in [3.8, 4) is 51.3 Å². The van der Waals surface area contributed by atoms with Gasteiger partial charge >= 0.3 is 5.97 Å². The first-order valence-electron chi connectivity index (χ1n) is 23.4. The Balaban J connectivity index is 1.26. The molecule has 7 aromatic carbocycles. The predicted molar refractivity (Wildman–Crippen MR) is 284 cm³/mol. The Hall–Kier alpha value is -8.32. The largest absolute Gasteiger partial charge is 0.497 e. The van der Waals surface area contributed by atoms with E-state index < -0.39 is 22.4 Å². The summed E-state index contributed by atoms with van der Waals surface area (Å²) in [5.41, 5.74) is 5.96. The highest BCUT2D eigenvalue weighted by atomic mass is 32.2. The number of aromatic nitrogens is 5. The van der Waals surface area contributed by atoms with Crippen LogP contribution < -0.4 is 28.6 Å². The van der Waals surface area contributed by atoms with Crippen LogP contribution in [0.25, 0.3) is 32.7 Å². The van der Waals surface area contributed by atoms with Crippen molar-refractivity contribution < 1.29 is 42.0 Å². The number of sulfonamides is 1. The van der Waals surface area contributed by atoms with Crippen LogP contribution in [-0.4, -0.2) is 84.5 Å². The molecule has 0 saturated heterocycles. The smallest absolute Gasteiger partial charge is 0.307 e. The first kappa shape index (κ1) is 50.6. The zero-order valence-electron chi connectivity index (χ0n) is 41.3. The van der Waals surface area contributed by atoms with Crippen molar-refractivity contribution in [3.05, 3.63) is 185 Å². The standard InChI is InChI=1S/C56H53N7O9S2/c1-68-43-20-9-37(10-21-43)32-61(33-38-11-22-44(69-2)23-12-38)56-57-53-49(7-6-8-50(53)73-56)48-30-19-42(31-51(64)65)54(52(48)55-58-59-60-63(55)36-41-17-28-47(72-5)29-18-41)74(66,67)62(34-39-13-24-45(70-3)25-14-39)35-40-15-26-46(71-4)27-16-40/h6-30H,31-36H2,1-5H3,(H,64,65). The number of nitrogens with zero attached hydrogens (tertiary/aromatic N) is 7. The molecular formula is C56H53N7O9S2. The van der Waals surface area contributed by atoms with E-state index in [-0.39, 0.29) is 41.5 Å². The summed E-state index contributed by atoms with van der Waals surface area (Å²) in [5, 5.41) is 24.4. The predicted octanol–water partition coefficient (Wildman–Crippen LogP) is 9.93. The van der Waals surface area contributed by atoms with Gasteiger partial charge in [-0.1, -0.05) is 96.3 Å². The number of benzene rings is 7. The monoisotopic (exact) mass is 1030 g/mol. The fourth-order valence-electron chi connectivity index (χ4n) is 8.67. The van der Waals surface area contributed by atoms with Crippen LogP contribution in [0.5, 0.6) is 28.7 Å². The quantitative estimate of drug-likeness (QED) is 0.0677. The fraction of sp³-hybridized carbons (Fsp3) is 0.196. The number of anilines is 1. The van der Waals surface area contributed by atoms with E-state index >= 15 is 8.42 Å². The summed E-state index contributed by atoms with van der Waals surface area (Å²) < 4.78 is 63.2. The van der Waals surface area contributed by atoms with E-state index in [1.807, 2.05) is 91.0 Å². The number of carboxylic acids is 1. The van der Waals surface area contributed by atoms with Crippen molar-refractivity contribution in [3.63, 3.8) is 0 Å². The molecule has 0 saturated carbocycles. The third kappa shape index (κ3) is 11.3. The summed E-state index contributed by atoms with van der Waals surface area (Å²) in [6.07, 6.45) is -0.627. The molecule has 0 atom stereocenters. The molecule has 0 spiro atoms. The number of ether oxygens (including phenoxy) is 5. The molecule has 0 aliphatic rings. The molecular weight excluding hydrogens is 979 g/mol. The van der Waals surface area contributed by atoms with Crippen LogP contribution in [-0.2, 0) is 54.0 Å². The molecule has 0 radical (unpaired) electrons. The second-order valence-corrected chi connectivity index (χ2v) is 20.1. The highest BCUT2D eigenvalue weighted by Gasteiger charge is 2.36. The Bertz CT molecular complexity index is 3380. The van der Waals surface area contributed by atoms with Gasteiger partial charge in [-0.3, -0.25) is 4.79 Å². The van der Waals surface area contributed by atoms with E-state index in [4.69, 9.17) is 28.7 Å². The molecule has 2 aromatic heterocycles. The molecule has 9 aromatic rings. The molecule has 0 unspecified atom stereocenters. The van der Waals surface area contributed by atoms with E-state index in [2.05, 4.69) is 20.4 Å². The van der Waals surface area contributed by atoms with Gasteiger partial charge in [0.05, 0.1) is 63.6 Å². The molecule has 2 heterocycles. The average Bonchev–Trinajstić information content (AvgIpc) is 4.09. The third-order valence-corrected chi connectivity index (χ3v) is 15.5. The molecule has 0 fully saturated rings. The van der Waals surface area contributed by atoms with Crippen LogP contribution in [0.2, 0.25) is 0 Å². The Morgan fingerprint density at radius 3 is 1.50 bits per heavy atom. The fourth-order valence-corrected chi connectivity index (χ4v) is 11.5. The number of hydrogen-bond donors (Lipinski definition) is 1. The van der Waals surface area contributed by atoms with Gasteiger partial charge in [-0.05, 0) is 116 Å². The lowest BCUT2D eigenvalue weighted by atomic mass is 9.95. The number of carboxylic acid groups (broad SMARTS) is 1. The first-order valence-corrected chi connectivity index (χ1v) is 25.7. The SMILES string of the molecule is COc1ccc(CN(Cc2ccc(OC)cc2)c2nc3c(-c4ccc(CC(=O)O)c(S(=O)(=O)N(Cc5ccc(OC)cc5)Cc5ccc(OC)cc5)c4-c4nnnn4Cc4ccc(OC)cc4)cccc3s2)cc1. The van der Waals surface area contributed by atoms with E-state index in [0.717, 1.165) is 32.9 Å². The maximum absolute atomic E-state index is 16.2. The van der Waals surface area contributed by atoms with E-state index in [0.29, 0.717) is 63.2 Å². The number of rotatable bonds is 22. The molecule has 0 aliphatic heterocycles. The minimum absolute atomic E-state index is 0.0426. The molecule has 378 valence electrons. The Kier molecular flexibility index (Phi) is 15.5. The summed E-state index contributed by atoms with van der Waals surface area (Å²) in [4.78, 5) is 20.2. The average molecular weight is 1030 g/mol.